The molecule has 7 nitrogen and oxygen atoms in total. The van der Waals surface area contributed by atoms with E-state index < -0.39 is 10.5 Å². The number of halogens is 1. The van der Waals surface area contributed by atoms with Crippen molar-refractivity contribution in [2.45, 2.75) is 18.9 Å². The molecule has 0 saturated carbocycles. The summed E-state index contributed by atoms with van der Waals surface area (Å²) in [6.07, 6.45) is 1.64. The van der Waals surface area contributed by atoms with Crippen LogP contribution >= 0.6 is 15.9 Å². The minimum atomic E-state index is -0.946. The number of aromatic nitrogens is 1. The molecule has 0 aliphatic carbocycles. The molecule has 19 heavy (non-hydrogen) atoms. The van der Waals surface area contributed by atoms with Crippen LogP contribution in [0.5, 0.6) is 0 Å². The summed E-state index contributed by atoms with van der Waals surface area (Å²) >= 11 is 3.20. The van der Waals surface area contributed by atoms with Crippen LogP contribution in [-0.2, 0) is 4.74 Å². The van der Waals surface area contributed by atoms with Gasteiger partial charge in [0, 0.05) is 32.7 Å². The molecule has 1 rings (SSSR count). The van der Waals surface area contributed by atoms with Crippen LogP contribution in [0.2, 0.25) is 0 Å². The number of rotatable bonds is 7. The Hall–Kier alpha value is -1.25. The zero-order valence-electron chi connectivity index (χ0n) is 10.7. The van der Waals surface area contributed by atoms with Crippen molar-refractivity contribution in [3.63, 3.8) is 0 Å². The number of nitrogens with zero attached hydrogens (tertiary/aromatic N) is 2. The first-order valence-electron chi connectivity index (χ1n) is 5.61. The monoisotopic (exact) mass is 333 g/mol. The Bertz CT molecular complexity index is 454. The van der Waals surface area contributed by atoms with Crippen LogP contribution in [0.1, 0.15) is 13.3 Å². The van der Waals surface area contributed by atoms with Gasteiger partial charge in [0.1, 0.15) is 12.0 Å². The number of pyridine rings is 1. The van der Waals surface area contributed by atoms with Gasteiger partial charge >= 0.3 is 0 Å². The fourth-order valence-electron chi connectivity index (χ4n) is 1.34. The van der Waals surface area contributed by atoms with E-state index in [1.807, 2.05) is 0 Å². The molecule has 0 fully saturated rings. The first-order valence-corrected chi connectivity index (χ1v) is 6.40. The summed E-state index contributed by atoms with van der Waals surface area (Å²) in [6, 6.07) is 1.36. The molecule has 106 valence electrons. The van der Waals surface area contributed by atoms with Gasteiger partial charge in [0.25, 0.3) is 5.69 Å². The lowest BCUT2D eigenvalue weighted by Crippen LogP contribution is -2.34. The van der Waals surface area contributed by atoms with Crippen LogP contribution in [-0.4, -0.2) is 40.9 Å². The summed E-state index contributed by atoms with van der Waals surface area (Å²) in [7, 11) is 1.57. The van der Waals surface area contributed by atoms with Crippen molar-refractivity contribution in [1.29, 1.82) is 0 Å². The standard InChI is InChI=1S/C11H16BrN3O4/c1-11(16,3-4-19-2)7-14-10-9(12)5-8(6-13-10)15(17)18/h5-6,16H,3-4,7H2,1-2H3,(H,13,14). The van der Waals surface area contributed by atoms with Crippen LogP contribution in [0.4, 0.5) is 11.5 Å². The number of aliphatic hydroxyl groups is 1. The maximum atomic E-state index is 10.6. The second kappa shape index (κ2) is 6.78. The normalized spacial score (nSPS) is 13.9. The predicted octanol–water partition coefficient (Wildman–Crippen LogP) is 1.95. The molecule has 0 amide bonds. The Morgan fingerprint density at radius 2 is 2.37 bits per heavy atom. The lowest BCUT2D eigenvalue weighted by atomic mass is 10.0. The Balaban J connectivity index is 2.65. The summed E-state index contributed by atoms with van der Waals surface area (Å²) in [5, 5.41) is 23.6. The Labute approximate surface area is 119 Å². The first-order chi connectivity index (χ1) is 8.85. The van der Waals surface area contributed by atoms with E-state index in [1.54, 1.807) is 14.0 Å². The van der Waals surface area contributed by atoms with E-state index in [4.69, 9.17) is 4.74 Å². The number of hydrogen-bond acceptors (Lipinski definition) is 6. The van der Waals surface area contributed by atoms with Gasteiger partial charge in [0.05, 0.1) is 15.0 Å². The zero-order valence-corrected chi connectivity index (χ0v) is 12.3. The summed E-state index contributed by atoms with van der Waals surface area (Å²) in [5.74, 6) is 0.447. The summed E-state index contributed by atoms with van der Waals surface area (Å²) in [4.78, 5) is 14.0. The van der Waals surface area contributed by atoms with Gasteiger partial charge in [0.15, 0.2) is 0 Å². The highest BCUT2D eigenvalue weighted by Gasteiger charge is 2.20. The van der Waals surface area contributed by atoms with Gasteiger partial charge in [-0.2, -0.15) is 0 Å². The quantitative estimate of drug-likeness (QED) is 0.584. The van der Waals surface area contributed by atoms with Crippen LogP contribution in [0.3, 0.4) is 0 Å². The highest BCUT2D eigenvalue weighted by molar-refractivity contribution is 9.10. The molecule has 0 aromatic carbocycles. The van der Waals surface area contributed by atoms with Crippen molar-refractivity contribution in [2.24, 2.45) is 0 Å². The largest absolute Gasteiger partial charge is 0.388 e. The second-order valence-corrected chi connectivity index (χ2v) is 5.23. The highest BCUT2D eigenvalue weighted by Crippen LogP contribution is 2.25. The first kappa shape index (κ1) is 15.8. The lowest BCUT2D eigenvalue weighted by Gasteiger charge is -2.23. The molecule has 0 aliphatic rings. The number of nitro groups is 1. The summed E-state index contributed by atoms with van der Waals surface area (Å²) < 4.78 is 5.38. The van der Waals surface area contributed by atoms with E-state index in [0.29, 0.717) is 23.3 Å². The van der Waals surface area contributed by atoms with E-state index >= 15 is 0 Å². The topological polar surface area (TPSA) is 97.5 Å². The SMILES string of the molecule is COCCC(C)(O)CNc1ncc([N+](=O)[O-])cc1Br. The number of ether oxygens (including phenoxy) is 1. The smallest absolute Gasteiger partial charge is 0.288 e. The van der Waals surface area contributed by atoms with E-state index in [1.165, 1.54) is 6.07 Å². The van der Waals surface area contributed by atoms with Crippen molar-refractivity contribution in [3.05, 3.63) is 26.9 Å². The van der Waals surface area contributed by atoms with Crippen LogP contribution in [0, 0.1) is 10.1 Å². The lowest BCUT2D eigenvalue weighted by molar-refractivity contribution is -0.385. The molecule has 0 spiro atoms. The Morgan fingerprint density at radius 1 is 1.68 bits per heavy atom. The number of hydrogen-bond donors (Lipinski definition) is 2. The maximum Gasteiger partial charge on any atom is 0.288 e. The van der Waals surface area contributed by atoms with E-state index in [9.17, 15) is 15.2 Å². The third kappa shape index (κ3) is 5.09. The Morgan fingerprint density at radius 3 is 2.89 bits per heavy atom. The summed E-state index contributed by atoms with van der Waals surface area (Å²) in [5.41, 5.74) is -1.04. The molecule has 0 radical (unpaired) electrons. The van der Waals surface area contributed by atoms with Gasteiger partial charge in [-0.05, 0) is 22.9 Å². The minimum Gasteiger partial charge on any atom is -0.388 e. The average molecular weight is 334 g/mol. The fourth-order valence-corrected chi connectivity index (χ4v) is 1.82. The molecule has 0 aliphatic heterocycles. The zero-order chi connectivity index (χ0) is 14.5. The van der Waals surface area contributed by atoms with Crippen molar-refractivity contribution >= 4 is 27.4 Å². The van der Waals surface area contributed by atoms with Crippen molar-refractivity contribution in [1.82, 2.24) is 4.98 Å². The molecule has 8 heteroatoms. The molecule has 1 aromatic rings. The third-order valence-corrected chi connectivity index (χ3v) is 3.12. The van der Waals surface area contributed by atoms with Crippen LogP contribution in [0.15, 0.2) is 16.7 Å². The second-order valence-electron chi connectivity index (χ2n) is 4.37. The van der Waals surface area contributed by atoms with Gasteiger partial charge in [-0.1, -0.05) is 0 Å². The molecular weight excluding hydrogens is 318 g/mol. The molecule has 0 saturated heterocycles. The third-order valence-electron chi connectivity index (χ3n) is 2.52. The number of methoxy groups -OCH3 is 1. The van der Waals surface area contributed by atoms with Gasteiger partial charge in [-0.15, -0.1) is 0 Å². The molecule has 2 N–H and O–H groups in total. The maximum absolute atomic E-state index is 10.6. The van der Waals surface area contributed by atoms with E-state index in [0.717, 1.165) is 6.20 Å². The van der Waals surface area contributed by atoms with Crippen molar-refractivity contribution in [2.75, 3.05) is 25.6 Å². The fraction of sp³-hybridized carbons (Fsp3) is 0.545. The highest BCUT2D eigenvalue weighted by atomic mass is 79.9. The average Bonchev–Trinajstić information content (AvgIpc) is 2.35. The number of anilines is 1. The van der Waals surface area contributed by atoms with E-state index in [-0.39, 0.29) is 12.2 Å². The van der Waals surface area contributed by atoms with Crippen LogP contribution in [0.25, 0.3) is 0 Å². The Kier molecular flexibility index (Phi) is 5.64. The molecule has 1 heterocycles. The van der Waals surface area contributed by atoms with Gasteiger partial charge < -0.3 is 15.2 Å². The molecule has 1 aromatic heterocycles. The van der Waals surface area contributed by atoms with Gasteiger partial charge in [-0.25, -0.2) is 4.98 Å². The van der Waals surface area contributed by atoms with Gasteiger partial charge in [0.2, 0.25) is 0 Å². The van der Waals surface area contributed by atoms with Crippen LogP contribution < -0.4 is 5.32 Å². The molecular formula is C11H16BrN3O4. The predicted molar refractivity (Wildman–Crippen MR) is 74.2 cm³/mol. The molecule has 0 bridgehead atoms. The molecule has 1 unspecified atom stereocenters. The van der Waals surface area contributed by atoms with Crippen molar-refractivity contribution < 1.29 is 14.8 Å². The van der Waals surface area contributed by atoms with Crippen molar-refractivity contribution in [3.8, 4) is 0 Å². The minimum absolute atomic E-state index is 0.0939. The summed E-state index contributed by atoms with van der Waals surface area (Å²) in [6.45, 7) is 2.39. The van der Waals surface area contributed by atoms with Gasteiger partial charge in [-0.3, -0.25) is 10.1 Å². The molecule has 1 atom stereocenters. The number of nitrogens with one attached hydrogen (secondary N) is 1. The van der Waals surface area contributed by atoms with E-state index in [2.05, 4.69) is 26.2 Å².